The summed E-state index contributed by atoms with van der Waals surface area (Å²) in [5, 5.41) is 3.66. The number of amides is 1. The van der Waals surface area contributed by atoms with Gasteiger partial charge in [-0.2, -0.15) is 4.31 Å². The number of carbonyl (C=O) groups is 1. The van der Waals surface area contributed by atoms with E-state index in [1.807, 2.05) is 0 Å². The highest BCUT2D eigenvalue weighted by Gasteiger charge is 2.26. The lowest BCUT2D eigenvalue weighted by atomic mass is 10.2. The van der Waals surface area contributed by atoms with Crippen LogP contribution >= 0.6 is 11.8 Å². The van der Waals surface area contributed by atoms with Crippen LogP contribution in [0, 0.1) is 0 Å². The zero-order valence-corrected chi connectivity index (χ0v) is 19.0. The van der Waals surface area contributed by atoms with Gasteiger partial charge in [0, 0.05) is 25.8 Å². The van der Waals surface area contributed by atoms with Crippen LogP contribution in [0.4, 0.5) is 5.69 Å². The molecule has 0 spiro atoms. The van der Waals surface area contributed by atoms with E-state index in [9.17, 15) is 18.0 Å². The number of aromatic nitrogens is 2. The third-order valence-corrected chi connectivity index (χ3v) is 7.92. The molecule has 11 heteroatoms. The third-order valence-electron chi connectivity index (χ3n) is 5.00. The van der Waals surface area contributed by atoms with Crippen LogP contribution in [0.25, 0.3) is 10.9 Å². The van der Waals surface area contributed by atoms with Gasteiger partial charge in [0.05, 0.1) is 34.8 Å². The fraction of sp³-hybridized carbons (Fsp3) is 0.286. The van der Waals surface area contributed by atoms with Gasteiger partial charge in [-0.05, 0) is 30.3 Å². The number of ether oxygens (including phenoxy) is 1. The molecule has 0 saturated carbocycles. The van der Waals surface area contributed by atoms with E-state index in [0.717, 1.165) is 11.8 Å². The smallest absolute Gasteiger partial charge is 0.261 e. The Morgan fingerprint density at radius 3 is 2.69 bits per heavy atom. The Kier molecular flexibility index (Phi) is 6.60. The van der Waals surface area contributed by atoms with Gasteiger partial charge in [0.1, 0.15) is 0 Å². The van der Waals surface area contributed by atoms with E-state index in [-0.39, 0.29) is 22.1 Å². The molecule has 0 radical (unpaired) electrons. The maximum absolute atomic E-state index is 12.8. The standard InChI is InChI=1S/C21H22N4O5S2/c1-24-20(27)17-7-2-3-8-18(17)23-21(24)31-14-19(26)22-15-5-4-6-16(13-15)32(28,29)25-9-11-30-12-10-25/h2-8,13H,9-12,14H2,1H3,(H,22,26). The molecular weight excluding hydrogens is 452 g/mol. The zero-order chi connectivity index (χ0) is 22.7. The molecule has 32 heavy (non-hydrogen) atoms. The quantitative estimate of drug-likeness (QED) is 0.427. The molecule has 1 amide bonds. The number of hydrogen-bond acceptors (Lipinski definition) is 7. The van der Waals surface area contributed by atoms with E-state index in [2.05, 4.69) is 10.3 Å². The summed E-state index contributed by atoms with van der Waals surface area (Å²) in [6.45, 7) is 1.32. The van der Waals surface area contributed by atoms with Crippen molar-refractivity contribution in [2.45, 2.75) is 10.1 Å². The predicted octanol–water partition coefficient (Wildman–Crippen LogP) is 1.69. The van der Waals surface area contributed by atoms with Gasteiger partial charge in [-0.25, -0.2) is 13.4 Å². The first kappa shape index (κ1) is 22.5. The molecule has 9 nitrogen and oxygen atoms in total. The molecular formula is C21H22N4O5S2. The number of carbonyl (C=O) groups excluding carboxylic acids is 1. The summed E-state index contributed by atoms with van der Waals surface area (Å²) in [5.74, 6) is -0.322. The number of anilines is 1. The van der Waals surface area contributed by atoms with Crippen LogP contribution in [-0.4, -0.2) is 60.2 Å². The second-order valence-corrected chi connectivity index (χ2v) is 10.0. The van der Waals surface area contributed by atoms with Crippen LogP contribution in [0.3, 0.4) is 0 Å². The lowest BCUT2D eigenvalue weighted by molar-refractivity contribution is -0.113. The summed E-state index contributed by atoms with van der Waals surface area (Å²) >= 11 is 1.14. The SMILES string of the molecule is Cn1c(SCC(=O)Nc2cccc(S(=O)(=O)N3CCOCC3)c2)nc2ccccc2c1=O. The fourth-order valence-corrected chi connectivity index (χ4v) is 5.55. The van der Waals surface area contributed by atoms with Crippen LogP contribution < -0.4 is 10.9 Å². The second kappa shape index (κ2) is 9.41. The normalized spacial score (nSPS) is 15.0. The minimum atomic E-state index is -3.66. The van der Waals surface area contributed by atoms with Crippen LogP contribution in [0.5, 0.6) is 0 Å². The Hall–Kier alpha value is -2.73. The van der Waals surface area contributed by atoms with Crippen LogP contribution in [-0.2, 0) is 26.6 Å². The number of para-hydroxylation sites is 1. The molecule has 1 aliphatic rings. The molecule has 1 saturated heterocycles. The van der Waals surface area contributed by atoms with Crippen molar-refractivity contribution in [2.24, 2.45) is 7.05 Å². The highest BCUT2D eigenvalue weighted by Crippen LogP contribution is 2.22. The number of nitrogens with zero attached hydrogens (tertiary/aromatic N) is 3. The number of benzene rings is 2. The number of nitrogens with one attached hydrogen (secondary N) is 1. The molecule has 0 atom stereocenters. The van der Waals surface area contributed by atoms with E-state index in [0.29, 0.717) is 48.1 Å². The molecule has 1 fully saturated rings. The Labute approximate surface area is 189 Å². The van der Waals surface area contributed by atoms with Gasteiger partial charge in [0.25, 0.3) is 5.56 Å². The Morgan fingerprint density at radius 2 is 1.91 bits per heavy atom. The van der Waals surface area contributed by atoms with Gasteiger partial charge in [-0.15, -0.1) is 0 Å². The van der Waals surface area contributed by atoms with Gasteiger partial charge in [0.15, 0.2) is 5.16 Å². The minimum Gasteiger partial charge on any atom is -0.379 e. The summed E-state index contributed by atoms with van der Waals surface area (Å²) in [5.41, 5.74) is 0.768. The van der Waals surface area contributed by atoms with E-state index >= 15 is 0 Å². The van der Waals surface area contributed by atoms with Crippen molar-refractivity contribution in [3.8, 4) is 0 Å². The van der Waals surface area contributed by atoms with Crippen molar-refractivity contribution in [3.05, 3.63) is 58.9 Å². The molecule has 1 N–H and O–H groups in total. The average Bonchev–Trinajstić information content (AvgIpc) is 2.81. The van der Waals surface area contributed by atoms with Gasteiger partial charge in [0.2, 0.25) is 15.9 Å². The number of morpholine rings is 1. The van der Waals surface area contributed by atoms with Crippen molar-refractivity contribution in [3.63, 3.8) is 0 Å². The zero-order valence-electron chi connectivity index (χ0n) is 17.4. The largest absolute Gasteiger partial charge is 0.379 e. The number of thioether (sulfide) groups is 1. The summed E-state index contributed by atoms with van der Waals surface area (Å²) in [6.07, 6.45) is 0. The maximum atomic E-state index is 12.8. The van der Waals surface area contributed by atoms with E-state index in [1.165, 1.54) is 21.0 Å². The molecule has 0 bridgehead atoms. The van der Waals surface area contributed by atoms with Crippen LogP contribution in [0.15, 0.2) is 63.4 Å². The summed E-state index contributed by atoms with van der Waals surface area (Å²) < 4.78 is 33.7. The third kappa shape index (κ3) is 4.70. The van der Waals surface area contributed by atoms with Crippen molar-refractivity contribution in [1.29, 1.82) is 0 Å². The van der Waals surface area contributed by atoms with Gasteiger partial charge in [-0.3, -0.25) is 14.2 Å². The second-order valence-electron chi connectivity index (χ2n) is 7.16. The Bertz CT molecular complexity index is 1320. The highest BCUT2D eigenvalue weighted by molar-refractivity contribution is 7.99. The summed E-state index contributed by atoms with van der Waals surface area (Å²) in [4.78, 5) is 29.5. The van der Waals surface area contributed by atoms with Crippen LogP contribution in [0.1, 0.15) is 0 Å². The van der Waals surface area contributed by atoms with Crippen molar-refractivity contribution < 1.29 is 17.9 Å². The molecule has 0 unspecified atom stereocenters. The molecule has 2 heterocycles. The number of rotatable bonds is 6. The minimum absolute atomic E-state index is 0.0130. The molecule has 1 aliphatic heterocycles. The predicted molar refractivity (Wildman–Crippen MR) is 122 cm³/mol. The average molecular weight is 475 g/mol. The molecule has 0 aliphatic carbocycles. The molecule has 3 aromatic rings. The monoisotopic (exact) mass is 474 g/mol. The molecule has 1 aromatic heterocycles. The maximum Gasteiger partial charge on any atom is 0.261 e. The first-order valence-electron chi connectivity index (χ1n) is 9.92. The Morgan fingerprint density at radius 1 is 1.16 bits per heavy atom. The molecule has 2 aromatic carbocycles. The highest BCUT2D eigenvalue weighted by atomic mass is 32.2. The van der Waals surface area contributed by atoms with Crippen molar-refractivity contribution >= 4 is 44.3 Å². The lowest BCUT2D eigenvalue weighted by Gasteiger charge is -2.26. The lowest BCUT2D eigenvalue weighted by Crippen LogP contribution is -2.40. The van der Waals surface area contributed by atoms with E-state index in [4.69, 9.17) is 4.74 Å². The molecule has 168 valence electrons. The van der Waals surface area contributed by atoms with Gasteiger partial charge in [-0.1, -0.05) is 30.0 Å². The van der Waals surface area contributed by atoms with E-state index < -0.39 is 10.0 Å². The summed E-state index contributed by atoms with van der Waals surface area (Å²) in [7, 11) is -2.04. The first-order chi connectivity index (χ1) is 15.4. The van der Waals surface area contributed by atoms with Crippen molar-refractivity contribution in [1.82, 2.24) is 13.9 Å². The Balaban J connectivity index is 1.45. The summed E-state index contributed by atoms with van der Waals surface area (Å²) in [6, 6.07) is 13.2. The van der Waals surface area contributed by atoms with E-state index in [1.54, 1.807) is 43.4 Å². The van der Waals surface area contributed by atoms with Gasteiger partial charge < -0.3 is 10.1 Å². The number of hydrogen-bond donors (Lipinski definition) is 1. The van der Waals surface area contributed by atoms with Crippen LogP contribution in [0.2, 0.25) is 0 Å². The fourth-order valence-electron chi connectivity index (χ4n) is 3.32. The molecule has 4 rings (SSSR count). The van der Waals surface area contributed by atoms with Gasteiger partial charge >= 0.3 is 0 Å². The van der Waals surface area contributed by atoms with Crippen molar-refractivity contribution in [2.75, 3.05) is 37.4 Å². The number of fused-ring (bicyclic) bond motifs is 1. The topological polar surface area (TPSA) is 111 Å². The first-order valence-corrected chi connectivity index (χ1v) is 12.4. The number of sulfonamides is 1.